The van der Waals surface area contributed by atoms with Gasteiger partial charge in [0.1, 0.15) is 30.2 Å². The van der Waals surface area contributed by atoms with Gasteiger partial charge in [-0.1, -0.05) is 0 Å². The third-order valence-corrected chi connectivity index (χ3v) is 3.17. The summed E-state index contributed by atoms with van der Waals surface area (Å²) in [7, 11) is 0. The number of aromatic nitrogens is 4. The second-order valence-electron chi connectivity index (χ2n) is 4.29. The molecule has 0 bridgehead atoms. The van der Waals surface area contributed by atoms with Gasteiger partial charge in [-0.2, -0.15) is 4.98 Å². The Hall–Kier alpha value is -1.81. The standard InChI is InChI=1S/C10H12N4O5/c15-2-5-6(16)7(17)10(19-5)14-8-4(1-13-14)9(18)12-3-11-8/h1,3,5-7,10,13,15-17H,2H2/t5-,6-,7-,10-/m0/s1. The first-order valence-corrected chi connectivity index (χ1v) is 5.66. The number of aliphatic hydroxyl groups is 3. The van der Waals surface area contributed by atoms with E-state index >= 15 is 0 Å². The Kier molecular flexibility index (Phi) is 2.82. The molecular formula is C10H12N4O5. The van der Waals surface area contributed by atoms with E-state index in [1.807, 2.05) is 0 Å². The minimum Gasteiger partial charge on any atom is -0.394 e. The normalized spacial score (nSPS) is 31.1. The van der Waals surface area contributed by atoms with Crippen LogP contribution < -0.4 is 5.56 Å². The van der Waals surface area contributed by atoms with Crippen molar-refractivity contribution >= 4 is 0 Å². The van der Waals surface area contributed by atoms with E-state index in [9.17, 15) is 15.0 Å². The number of nitrogens with one attached hydrogen (secondary N) is 1. The molecule has 3 heterocycles. The fourth-order valence-corrected chi connectivity index (χ4v) is 2.17. The number of aliphatic hydroxyl groups excluding tert-OH is 3. The average Bonchev–Trinajstić information content (AvgIpc) is 2.94. The van der Waals surface area contributed by atoms with Crippen LogP contribution in [0.2, 0.25) is 0 Å². The van der Waals surface area contributed by atoms with Gasteiger partial charge in [-0.15, -0.1) is 0 Å². The smallest absolute Gasteiger partial charge is 0.283 e. The Morgan fingerprint density at radius 3 is 2.84 bits per heavy atom. The Bertz CT molecular complexity index is 610. The van der Waals surface area contributed by atoms with Crippen molar-refractivity contribution in [2.45, 2.75) is 24.5 Å². The van der Waals surface area contributed by atoms with E-state index in [0.29, 0.717) is 0 Å². The average molecular weight is 268 g/mol. The summed E-state index contributed by atoms with van der Waals surface area (Å²) < 4.78 is 6.67. The predicted molar refractivity (Wildman–Crippen MR) is 60.3 cm³/mol. The molecule has 0 aromatic rings. The number of hydrogen-bond donors (Lipinski definition) is 4. The van der Waals surface area contributed by atoms with Crippen LogP contribution in [0, 0.1) is 0 Å². The fraction of sp³-hybridized carbons (Fsp3) is 0.500. The SMILES string of the molecule is O=c1ncnc2n([C@H]3O[C@@H](CO)[C@H](O)[C@@H]3O)[nH]cc1-2. The molecule has 102 valence electrons. The van der Waals surface area contributed by atoms with Crippen molar-refractivity contribution in [1.29, 1.82) is 0 Å². The van der Waals surface area contributed by atoms with Crippen LogP contribution in [-0.4, -0.2) is 60.0 Å². The first-order valence-electron chi connectivity index (χ1n) is 5.66. The van der Waals surface area contributed by atoms with Crippen LogP contribution in [0.4, 0.5) is 0 Å². The first kappa shape index (κ1) is 12.2. The molecule has 1 fully saturated rings. The van der Waals surface area contributed by atoms with E-state index in [2.05, 4.69) is 15.1 Å². The van der Waals surface area contributed by atoms with Crippen molar-refractivity contribution in [3.8, 4) is 11.4 Å². The topological polar surface area (TPSA) is 133 Å². The highest BCUT2D eigenvalue weighted by atomic mass is 16.6. The summed E-state index contributed by atoms with van der Waals surface area (Å²) in [5, 5.41) is 31.4. The van der Waals surface area contributed by atoms with Gasteiger partial charge in [-0.3, -0.25) is 4.79 Å². The van der Waals surface area contributed by atoms with Crippen molar-refractivity contribution in [3.63, 3.8) is 0 Å². The number of rotatable bonds is 2. The molecule has 1 saturated heterocycles. The maximum Gasteiger partial charge on any atom is 0.283 e. The molecule has 3 rings (SSSR count). The Morgan fingerprint density at radius 2 is 2.16 bits per heavy atom. The summed E-state index contributed by atoms with van der Waals surface area (Å²) in [6.45, 7) is -0.421. The second-order valence-corrected chi connectivity index (χ2v) is 4.29. The van der Waals surface area contributed by atoms with Crippen LogP contribution in [0.5, 0.6) is 0 Å². The maximum atomic E-state index is 11.5. The number of H-pyrrole nitrogens is 1. The quantitative estimate of drug-likeness (QED) is 0.480. The third kappa shape index (κ3) is 1.75. The summed E-state index contributed by atoms with van der Waals surface area (Å²) in [6.07, 6.45) is -1.80. The lowest BCUT2D eigenvalue weighted by molar-refractivity contribution is -0.0580. The maximum absolute atomic E-state index is 11.5. The highest BCUT2D eigenvalue weighted by molar-refractivity contribution is 5.53. The van der Waals surface area contributed by atoms with E-state index in [-0.39, 0.29) is 11.4 Å². The first-order chi connectivity index (χ1) is 9.13. The predicted octanol–water partition coefficient (Wildman–Crippen LogP) is -2.32. The minimum absolute atomic E-state index is 0.250. The molecule has 0 spiro atoms. The molecule has 4 N–H and O–H groups in total. The molecule has 0 aromatic heterocycles. The molecule has 0 radical (unpaired) electrons. The lowest BCUT2D eigenvalue weighted by Gasteiger charge is -2.17. The molecule has 9 heteroatoms. The van der Waals surface area contributed by atoms with Crippen molar-refractivity contribution in [2.75, 3.05) is 6.61 Å². The van der Waals surface area contributed by atoms with Crippen LogP contribution in [0.1, 0.15) is 6.23 Å². The molecule has 9 nitrogen and oxygen atoms in total. The van der Waals surface area contributed by atoms with Gasteiger partial charge in [0.2, 0.25) is 0 Å². The van der Waals surface area contributed by atoms with E-state index in [4.69, 9.17) is 9.84 Å². The highest BCUT2D eigenvalue weighted by Gasteiger charge is 2.44. The van der Waals surface area contributed by atoms with Crippen LogP contribution in [-0.2, 0) is 4.74 Å². The molecule has 0 saturated carbocycles. The van der Waals surface area contributed by atoms with Gasteiger partial charge in [-0.25, -0.2) is 9.67 Å². The molecule has 19 heavy (non-hydrogen) atoms. The monoisotopic (exact) mass is 268 g/mol. The van der Waals surface area contributed by atoms with Crippen LogP contribution in [0.15, 0.2) is 17.3 Å². The van der Waals surface area contributed by atoms with E-state index in [1.54, 1.807) is 0 Å². The van der Waals surface area contributed by atoms with Crippen molar-refractivity contribution in [3.05, 3.63) is 22.9 Å². The molecule has 4 atom stereocenters. The van der Waals surface area contributed by atoms with Gasteiger partial charge >= 0.3 is 0 Å². The molecule has 0 aliphatic carbocycles. The number of ether oxygens (including phenoxy) is 1. The number of hydrogen-bond acceptors (Lipinski definition) is 7. The zero-order valence-corrected chi connectivity index (χ0v) is 9.67. The Labute approximate surface area is 106 Å². The summed E-state index contributed by atoms with van der Waals surface area (Å²) >= 11 is 0. The number of nitrogens with zero attached hydrogens (tertiary/aromatic N) is 3. The lowest BCUT2D eigenvalue weighted by atomic mass is 10.1. The van der Waals surface area contributed by atoms with E-state index in [1.165, 1.54) is 10.9 Å². The molecule has 0 unspecified atom stereocenters. The number of aromatic amines is 1. The summed E-state index contributed by atoms with van der Waals surface area (Å²) in [5.41, 5.74) is -0.202. The van der Waals surface area contributed by atoms with Gasteiger partial charge in [0.15, 0.2) is 12.1 Å². The Balaban J connectivity index is 2.01. The summed E-state index contributed by atoms with van der Waals surface area (Å²) in [6, 6.07) is 0. The molecule has 0 aromatic carbocycles. The third-order valence-electron chi connectivity index (χ3n) is 3.17. The zero-order valence-electron chi connectivity index (χ0n) is 9.67. The van der Waals surface area contributed by atoms with Gasteiger partial charge in [0, 0.05) is 6.20 Å². The van der Waals surface area contributed by atoms with Gasteiger partial charge in [0.25, 0.3) is 5.56 Å². The van der Waals surface area contributed by atoms with E-state index in [0.717, 1.165) is 6.33 Å². The minimum atomic E-state index is -1.24. The highest BCUT2D eigenvalue weighted by Crippen LogP contribution is 2.31. The molecule has 0 amide bonds. The summed E-state index contributed by atoms with van der Waals surface area (Å²) in [4.78, 5) is 19.0. The fourth-order valence-electron chi connectivity index (χ4n) is 2.17. The molecule has 3 aliphatic heterocycles. The van der Waals surface area contributed by atoms with Crippen LogP contribution in [0.3, 0.4) is 0 Å². The van der Waals surface area contributed by atoms with Gasteiger partial charge in [-0.05, 0) is 0 Å². The van der Waals surface area contributed by atoms with Gasteiger partial charge in [0.05, 0.1) is 6.61 Å². The largest absolute Gasteiger partial charge is 0.394 e. The van der Waals surface area contributed by atoms with Crippen molar-refractivity contribution in [1.82, 2.24) is 19.7 Å². The van der Waals surface area contributed by atoms with E-state index < -0.39 is 36.7 Å². The number of fused-ring (bicyclic) bond motifs is 1. The zero-order chi connectivity index (χ0) is 13.6. The van der Waals surface area contributed by atoms with Crippen LogP contribution >= 0.6 is 0 Å². The van der Waals surface area contributed by atoms with Crippen LogP contribution in [0.25, 0.3) is 11.4 Å². The summed E-state index contributed by atoms with van der Waals surface area (Å²) in [5.74, 6) is 0.259. The van der Waals surface area contributed by atoms with Gasteiger partial charge < -0.3 is 25.2 Å². The second kappa shape index (κ2) is 4.38. The lowest BCUT2D eigenvalue weighted by Crippen LogP contribution is -2.33. The van der Waals surface area contributed by atoms with Crippen molar-refractivity contribution < 1.29 is 20.1 Å². The molecular weight excluding hydrogens is 256 g/mol. The van der Waals surface area contributed by atoms with Crippen molar-refractivity contribution in [2.24, 2.45) is 0 Å². The molecule has 3 aliphatic rings. The Morgan fingerprint density at radius 1 is 1.37 bits per heavy atom.